The van der Waals surface area contributed by atoms with Crippen LogP contribution in [-0.4, -0.2) is 55.5 Å². The zero-order valence-corrected chi connectivity index (χ0v) is 18.6. The first-order valence-electron chi connectivity index (χ1n) is 10.2. The molecule has 1 atom stereocenters. The molecule has 0 bridgehead atoms. The molecule has 0 aromatic heterocycles. The zero-order chi connectivity index (χ0) is 20.4. The molecule has 1 aromatic carbocycles. The molecule has 5 nitrogen and oxygen atoms in total. The summed E-state index contributed by atoms with van der Waals surface area (Å²) in [6.07, 6.45) is 6.49. The maximum Gasteiger partial charge on any atom is 0.236 e. The van der Waals surface area contributed by atoms with Crippen LogP contribution < -0.4 is 5.32 Å². The Morgan fingerprint density at radius 1 is 1.18 bits per heavy atom. The van der Waals surface area contributed by atoms with E-state index in [9.17, 15) is 8.42 Å². The van der Waals surface area contributed by atoms with Crippen molar-refractivity contribution in [1.82, 2.24) is 14.5 Å². The number of sulfonamides is 1. The standard InChI is InChI=1S/C21H33N3O2S2/c1-3-5-9-19(4-2)18-22-21(27)23-13-15-24(16-14-23)28(25,26)17-12-20-10-7-6-8-11-20/h6-8,10-12,17,19H,3-5,9,13-16,18H2,1-2H3,(H,22,27)/b17-12+/t19-/m0/s1. The van der Waals surface area contributed by atoms with Crippen molar-refractivity contribution in [3.63, 3.8) is 0 Å². The van der Waals surface area contributed by atoms with E-state index in [2.05, 4.69) is 24.1 Å². The minimum absolute atomic E-state index is 0.455. The number of rotatable bonds is 9. The van der Waals surface area contributed by atoms with Crippen LogP contribution >= 0.6 is 12.2 Å². The molecule has 2 rings (SSSR count). The van der Waals surface area contributed by atoms with Gasteiger partial charge in [-0.2, -0.15) is 4.31 Å². The molecule has 0 aliphatic carbocycles. The molecular formula is C21H33N3O2S2. The summed E-state index contributed by atoms with van der Waals surface area (Å²) in [5.41, 5.74) is 0.878. The Hall–Kier alpha value is -1.44. The number of hydrogen-bond donors (Lipinski definition) is 1. The van der Waals surface area contributed by atoms with Crippen LogP contribution in [0.5, 0.6) is 0 Å². The van der Waals surface area contributed by atoms with Crippen LogP contribution in [0, 0.1) is 5.92 Å². The summed E-state index contributed by atoms with van der Waals surface area (Å²) in [5.74, 6) is 0.641. The lowest BCUT2D eigenvalue weighted by atomic mass is 9.99. The maximum absolute atomic E-state index is 12.6. The molecule has 28 heavy (non-hydrogen) atoms. The van der Waals surface area contributed by atoms with E-state index in [-0.39, 0.29) is 0 Å². The van der Waals surface area contributed by atoms with Crippen LogP contribution in [0.2, 0.25) is 0 Å². The lowest BCUT2D eigenvalue weighted by molar-refractivity contribution is 0.264. The molecule has 156 valence electrons. The van der Waals surface area contributed by atoms with Crippen molar-refractivity contribution in [2.24, 2.45) is 5.92 Å². The number of unbranched alkanes of at least 4 members (excludes halogenated alkanes) is 1. The number of thiocarbonyl (C=S) groups is 1. The lowest BCUT2D eigenvalue weighted by Gasteiger charge is -2.35. The normalized spacial score (nSPS) is 17.0. The van der Waals surface area contributed by atoms with Crippen LogP contribution in [0.3, 0.4) is 0 Å². The number of hydrogen-bond acceptors (Lipinski definition) is 3. The van der Waals surface area contributed by atoms with Gasteiger partial charge in [0.2, 0.25) is 10.0 Å². The number of nitrogens with zero attached hydrogens (tertiary/aromatic N) is 2. The Kier molecular flexibility index (Phi) is 9.41. The second kappa shape index (κ2) is 11.5. The van der Waals surface area contributed by atoms with E-state index in [1.54, 1.807) is 6.08 Å². The first-order valence-corrected chi connectivity index (χ1v) is 12.1. The van der Waals surface area contributed by atoms with Crippen molar-refractivity contribution in [1.29, 1.82) is 0 Å². The first-order chi connectivity index (χ1) is 13.5. The maximum atomic E-state index is 12.6. The average molecular weight is 424 g/mol. The van der Waals surface area contributed by atoms with Crippen LogP contribution in [-0.2, 0) is 10.0 Å². The molecule has 1 aliphatic rings. The van der Waals surface area contributed by atoms with Crippen molar-refractivity contribution in [2.75, 3.05) is 32.7 Å². The minimum atomic E-state index is -3.41. The monoisotopic (exact) mass is 423 g/mol. The Morgan fingerprint density at radius 2 is 1.86 bits per heavy atom. The third-order valence-electron chi connectivity index (χ3n) is 5.20. The summed E-state index contributed by atoms with van der Waals surface area (Å²) in [7, 11) is -3.41. The van der Waals surface area contributed by atoms with Crippen molar-refractivity contribution in [2.45, 2.75) is 39.5 Å². The number of nitrogens with one attached hydrogen (secondary N) is 1. The number of piperazine rings is 1. The summed E-state index contributed by atoms with van der Waals surface area (Å²) in [6, 6.07) is 9.47. The highest BCUT2D eigenvalue weighted by atomic mass is 32.2. The smallest absolute Gasteiger partial charge is 0.236 e. The van der Waals surface area contributed by atoms with E-state index in [0.29, 0.717) is 32.1 Å². The van der Waals surface area contributed by atoms with Crippen molar-refractivity contribution in [3.05, 3.63) is 41.3 Å². The SMILES string of the molecule is CCCC[C@H](CC)CNC(=S)N1CCN(S(=O)(=O)/C=C/c2ccccc2)CC1. The van der Waals surface area contributed by atoms with E-state index >= 15 is 0 Å². The molecule has 0 radical (unpaired) electrons. The third-order valence-corrected chi connectivity index (χ3v) is 7.17. The van der Waals surface area contributed by atoms with E-state index < -0.39 is 10.0 Å². The predicted octanol–water partition coefficient (Wildman–Crippen LogP) is 3.70. The summed E-state index contributed by atoms with van der Waals surface area (Å²) in [6.45, 7) is 7.48. The quantitative estimate of drug-likeness (QED) is 0.614. The van der Waals surface area contributed by atoms with E-state index in [1.807, 2.05) is 30.3 Å². The molecule has 0 saturated carbocycles. The van der Waals surface area contributed by atoms with Crippen molar-refractivity contribution < 1.29 is 8.42 Å². The Morgan fingerprint density at radius 3 is 2.46 bits per heavy atom. The highest BCUT2D eigenvalue weighted by Crippen LogP contribution is 2.13. The van der Waals surface area contributed by atoms with Gasteiger partial charge < -0.3 is 10.2 Å². The lowest BCUT2D eigenvalue weighted by Crippen LogP contribution is -2.53. The van der Waals surface area contributed by atoms with E-state index in [4.69, 9.17) is 12.2 Å². The van der Waals surface area contributed by atoms with E-state index in [0.717, 1.165) is 23.6 Å². The van der Waals surface area contributed by atoms with Gasteiger partial charge in [0, 0.05) is 38.1 Å². The van der Waals surface area contributed by atoms with Gasteiger partial charge in [0.25, 0.3) is 0 Å². The fourth-order valence-corrected chi connectivity index (χ4v) is 4.69. The van der Waals surface area contributed by atoms with Gasteiger partial charge in [-0.05, 0) is 36.2 Å². The average Bonchev–Trinajstić information content (AvgIpc) is 2.73. The Labute approximate surface area is 175 Å². The molecule has 1 saturated heterocycles. The van der Waals surface area contributed by atoms with Gasteiger partial charge in [-0.15, -0.1) is 0 Å². The predicted molar refractivity (Wildman–Crippen MR) is 121 cm³/mol. The van der Waals surface area contributed by atoms with E-state index in [1.165, 1.54) is 29.0 Å². The topological polar surface area (TPSA) is 52.6 Å². The fourth-order valence-electron chi connectivity index (χ4n) is 3.25. The van der Waals surface area contributed by atoms with Crippen LogP contribution in [0.25, 0.3) is 6.08 Å². The highest BCUT2D eigenvalue weighted by molar-refractivity contribution is 7.92. The van der Waals surface area contributed by atoms with Crippen molar-refractivity contribution >= 4 is 33.4 Å². The third kappa shape index (κ3) is 7.18. The van der Waals surface area contributed by atoms with Gasteiger partial charge in [0.1, 0.15) is 0 Å². The van der Waals surface area contributed by atoms with Crippen LogP contribution in [0.1, 0.15) is 45.1 Å². The van der Waals surface area contributed by atoms with Crippen molar-refractivity contribution in [3.8, 4) is 0 Å². The highest BCUT2D eigenvalue weighted by Gasteiger charge is 2.26. The second-order valence-corrected chi connectivity index (χ2v) is 9.45. The summed E-state index contributed by atoms with van der Waals surface area (Å²) >= 11 is 5.53. The molecule has 1 aromatic rings. The Balaban J connectivity index is 1.81. The van der Waals surface area contributed by atoms with Gasteiger partial charge in [0.15, 0.2) is 5.11 Å². The summed E-state index contributed by atoms with van der Waals surface area (Å²) < 4.78 is 26.7. The number of benzene rings is 1. The molecule has 7 heteroatoms. The van der Waals surface area contributed by atoms with Crippen LogP contribution in [0.4, 0.5) is 0 Å². The van der Waals surface area contributed by atoms with Gasteiger partial charge in [-0.25, -0.2) is 8.42 Å². The summed E-state index contributed by atoms with van der Waals surface area (Å²) in [5, 5.41) is 5.43. The second-order valence-electron chi connectivity index (χ2n) is 7.25. The minimum Gasteiger partial charge on any atom is -0.362 e. The first kappa shape index (κ1) is 22.8. The molecule has 1 aliphatic heterocycles. The zero-order valence-electron chi connectivity index (χ0n) is 17.0. The van der Waals surface area contributed by atoms with Gasteiger partial charge in [0.05, 0.1) is 0 Å². The van der Waals surface area contributed by atoms with Gasteiger partial charge in [-0.1, -0.05) is 63.4 Å². The fraction of sp³-hybridized carbons (Fsp3) is 0.571. The molecule has 1 heterocycles. The molecule has 1 N–H and O–H groups in total. The molecule has 0 spiro atoms. The molecule has 1 fully saturated rings. The Bertz CT molecular complexity index is 727. The molecular weight excluding hydrogens is 390 g/mol. The van der Waals surface area contributed by atoms with Gasteiger partial charge in [-0.3, -0.25) is 0 Å². The van der Waals surface area contributed by atoms with Crippen LogP contribution in [0.15, 0.2) is 35.7 Å². The largest absolute Gasteiger partial charge is 0.362 e. The summed E-state index contributed by atoms with van der Waals surface area (Å²) in [4.78, 5) is 2.08. The molecule has 0 amide bonds. The van der Waals surface area contributed by atoms with Gasteiger partial charge >= 0.3 is 0 Å². The molecule has 0 unspecified atom stereocenters.